The van der Waals surface area contributed by atoms with Crippen molar-refractivity contribution in [3.63, 3.8) is 0 Å². The van der Waals surface area contributed by atoms with Crippen LogP contribution in [0.1, 0.15) is 39.0 Å². The Balaban J connectivity index is 2.57. The highest BCUT2D eigenvalue weighted by atomic mass is 16.4. The van der Waals surface area contributed by atoms with Crippen molar-refractivity contribution < 1.29 is 15.0 Å². The molecular weight excluding hydrogens is 194 g/mol. The third kappa shape index (κ3) is 3.18. The lowest BCUT2D eigenvalue weighted by atomic mass is 10.1. The smallest absolute Gasteiger partial charge is 0.320 e. The molecule has 0 bridgehead atoms. The monoisotopic (exact) mass is 215 g/mol. The Bertz CT molecular complexity index is 208. The molecule has 0 amide bonds. The Kier molecular flexibility index (Phi) is 5.05. The first kappa shape index (κ1) is 12.5. The zero-order valence-electron chi connectivity index (χ0n) is 9.35. The van der Waals surface area contributed by atoms with Crippen LogP contribution in [-0.4, -0.2) is 46.3 Å². The van der Waals surface area contributed by atoms with E-state index in [0.29, 0.717) is 6.42 Å². The number of carboxylic acids is 1. The maximum absolute atomic E-state index is 11.1. The molecule has 1 aliphatic heterocycles. The molecule has 2 atom stereocenters. The van der Waals surface area contributed by atoms with Gasteiger partial charge in [0.2, 0.25) is 0 Å². The van der Waals surface area contributed by atoms with Crippen LogP contribution < -0.4 is 0 Å². The number of aliphatic hydroxyl groups excluding tert-OH is 1. The Labute approximate surface area is 90.9 Å². The molecular formula is C11H21NO3. The molecule has 1 aliphatic rings. The van der Waals surface area contributed by atoms with Gasteiger partial charge < -0.3 is 10.2 Å². The molecule has 4 heteroatoms. The maximum atomic E-state index is 11.1. The Morgan fingerprint density at radius 1 is 1.60 bits per heavy atom. The van der Waals surface area contributed by atoms with Gasteiger partial charge in [-0.3, -0.25) is 9.69 Å². The lowest BCUT2D eigenvalue weighted by Crippen LogP contribution is -2.45. The van der Waals surface area contributed by atoms with Gasteiger partial charge in [0.1, 0.15) is 6.04 Å². The summed E-state index contributed by atoms with van der Waals surface area (Å²) >= 11 is 0. The second-order valence-corrected chi connectivity index (χ2v) is 4.21. The first-order valence-corrected chi connectivity index (χ1v) is 5.80. The van der Waals surface area contributed by atoms with Gasteiger partial charge in [-0.15, -0.1) is 0 Å². The number of nitrogens with zero attached hydrogens (tertiary/aromatic N) is 1. The van der Waals surface area contributed by atoms with Crippen LogP contribution in [0.4, 0.5) is 0 Å². The average Bonchev–Trinajstić information content (AvgIpc) is 2.66. The zero-order valence-corrected chi connectivity index (χ0v) is 9.35. The van der Waals surface area contributed by atoms with E-state index in [1.807, 2.05) is 4.90 Å². The third-order valence-electron chi connectivity index (χ3n) is 3.15. The van der Waals surface area contributed by atoms with Gasteiger partial charge in [0.15, 0.2) is 0 Å². The average molecular weight is 215 g/mol. The first-order chi connectivity index (χ1) is 7.20. The molecule has 4 nitrogen and oxygen atoms in total. The van der Waals surface area contributed by atoms with Crippen LogP contribution in [0.15, 0.2) is 0 Å². The fraction of sp³-hybridized carbons (Fsp3) is 0.909. The molecule has 0 aromatic rings. The summed E-state index contributed by atoms with van der Waals surface area (Å²) in [5.74, 6) is -0.746. The predicted molar refractivity (Wildman–Crippen MR) is 57.8 cm³/mol. The number of likely N-dealkylation sites (tertiary alicyclic amines) is 1. The van der Waals surface area contributed by atoms with E-state index in [4.69, 9.17) is 10.2 Å². The minimum atomic E-state index is -0.746. The fourth-order valence-corrected chi connectivity index (χ4v) is 2.29. The van der Waals surface area contributed by atoms with Crippen molar-refractivity contribution in [3.8, 4) is 0 Å². The topological polar surface area (TPSA) is 60.8 Å². The summed E-state index contributed by atoms with van der Waals surface area (Å²) < 4.78 is 0. The second kappa shape index (κ2) is 6.08. The van der Waals surface area contributed by atoms with Crippen molar-refractivity contribution in [2.75, 3.05) is 13.2 Å². The molecule has 0 aromatic heterocycles. The number of hydrogen-bond donors (Lipinski definition) is 2. The van der Waals surface area contributed by atoms with E-state index >= 15 is 0 Å². The molecule has 0 saturated carbocycles. The number of unbranched alkanes of at least 4 members (excludes halogenated alkanes) is 1. The normalized spacial score (nSPS) is 24.3. The largest absolute Gasteiger partial charge is 0.480 e. The fourth-order valence-electron chi connectivity index (χ4n) is 2.29. The standard InChI is InChI=1S/C11H21NO3/c1-2-3-6-10(11(14)15)12-7-4-5-9(12)8-13/h9-10,13H,2-8H2,1H3,(H,14,15). The first-order valence-electron chi connectivity index (χ1n) is 5.80. The minimum Gasteiger partial charge on any atom is -0.480 e. The van der Waals surface area contributed by atoms with E-state index in [9.17, 15) is 4.79 Å². The molecule has 2 unspecified atom stereocenters. The minimum absolute atomic E-state index is 0.0583. The summed E-state index contributed by atoms with van der Waals surface area (Å²) in [7, 11) is 0. The van der Waals surface area contributed by atoms with Crippen LogP contribution in [0, 0.1) is 0 Å². The number of hydrogen-bond acceptors (Lipinski definition) is 3. The van der Waals surface area contributed by atoms with E-state index in [2.05, 4.69) is 6.92 Å². The molecule has 88 valence electrons. The number of aliphatic carboxylic acids is 1. The van der Waals surface area contributed by atoms with Crippen LogP contribution in [0.5, 0.6) is 0 Å². The van der Waals surface area contributed by atoms with Gasteiger partial charge in [-0.05, 0) is 25.8 Å². The molecule has 1 saturated heterocycles. The van der Waals surface area contributed by atoms with Gasteiger partial charge in [0.05, 0.1) is 6.61 Å². The summed E-state index contributed by atoms with van der Waals surface area (Å²) in [4.78, 5) is 13.1. The van der Waals surface area contributed by atoms with Crippen molar-refractivity contribution in [2.45, 2.75) is 51.1 Å². The van der Waals surface area contributed by atoms with Crippen molar-refractivity contribution >= 4 is 5.97 Å². The van der Waals surface area contributed by atoms with E-state index < -0.39 is 12.0 Å². The van der Waals surface area contributed by atoms with Gasteiger partial charge in [0, 0.05) is 6.04 Å². The second-order valence-electron chi connectivity index (χ2n) is 4.21. The predicted octanol–water partition coefficient (Wildman–Crippen LogP) is 1.09. The number of aliphatic hydroxyl groups is 1. The molecule has 0 aliphatic carbocycles. The molecule has 1 fully saturated rings. The SMILES string of the molecule is CCCCC(C(=O)O)N1CCCC1CO. The van der Waals surface area contributed by atoms with Crippen molar-refractivity contribution in [1.29, 1.82) is 0 Å². The van der Waals surface area contributed by atoms with E-state index in [-0.39, 0.29) is 12.6 Å². The maximum Gasteiger partial charge on any atom is 0.320 e. The molecule has 15 heavy (non-hydrogen) atoms. The van der Waals surface area contributed by atoms with Crippen LogP contribution in [0.25, 0.3) is 0 Å². The van der Waals surface area contributed by atoms with Crippen molar-refractivity contribution in [2.24, 2.45) is 0 Å². The lowest BCUT2D eigenvalue weighted by molar-refractivity contribution is -0.144. The van der Waals surface area contributed by atoms with E-state index in [0.717, 1.165) is 32.2 Å². The number of rotatable bonds is 6. The molecule has 0 spiro atoms. The number of carbonyl (C=O) groups is 1. The van der Waals surface area contributed by atoms with Gasteiger partial charge >= 0.3 is 5.97 Å². The van der Waals surface area contributed by atoms with Crippen molar-refractivity contribution in [3.05, 3.63) is 0 Å². The molecule has 2 N–H and O–H groups in total. The summed E-state index contributed by atoms with van der Waals surface area (Å²) in [6, 6.07) is -0.340. The lowest BCUT2D eigenvalue weighted by Gasteiger charge is -2.29. The summed E-state index contributed by atoms with van der Waals surface area (Å²) in [6.45, 7) is 2.95. The Morgan fingerprint density at radius 2 is 2.33 bits per heavy atom. The quantitative estimate of drug-likeness (QED) is 0.696. The third-order valence-corrected chi connectivity index (χ3v) is 3.15. The summed E-state index contributed by atoms with van der Waals surface area (Å²) in [5.41, 5.74) is 0. The number of carboxylic acid groups (broad SMARTS) is 1. The molecule has 0 aromatic carbocycles. The van der Waals surface area contributed by atoms with Crippen LogP contribution in [-0.2, 0) is 4.79 Å². The summed E-state index contributed by atoms with van der Waals surface area (Å²) in [6.07, 6.45) is 4.57. The molecule has 0 radical (unpaired) electrons. The van der Waals surface area contributed by atoms with Gasteiger partial charge in [-0.1, -0.05) is 19.8 Å². The van der Waals surface area contributed by atoms with E-state index in [1.54, 1.807) is 0 Å². The zero-order chi connectivity index (χ0) is 11.3. The van der Waals surface area contributed by atoms with E-state index in [1.165, 1.54) is 0 Å². The highest BCUT2D eigenvalue weighted by Crippen LogP contribution is 2.22. The van der Waals surface area contributed by atoms with Crippen LogP contribution in [0.2, 0.25) is 0 Å². The van der Waals surface area contributed by atoms with Crippen LogP contribution in [0.3, 0.4) is 0 Å². The highest BCUT2D eigenvalue weighted by molar-refractivity contribution is 5.73. The van der Waals surface area contributed by atoms with Gasteiger partial charge in [-0.2, -0.15) is 0 Å². The highest BCUT2D eigenvalue weighted by Gasteiger charge is 2.33. The molecule has 1 heterocycles. The molecule has 1 rings (SSSR count). The van der Waals surface area contributed by atoms with Gasteiger partial charge in [0.25, 0.3) is 0 Å². The summed E-state index contributed by atoms with van der Waals surface area (Å²) in [5, 5.41) is 18.3. The Morgan fingerprint density at radius 3 is 2.87 bits per heavy atom. The van der Waals surface area contributed by atoms with Crippen LogP contribution >= 0.6 is 0 Å². The Hall–Kier alpha value is -0.610. The van der Waals surface area contributed by atoms with Gasteiger partial charge in [-0.25, -0.2) is 0 Å². The van der Waals surface area contributed by atoms with Crippen molar-refractivity contribution in [1.82, 2.24) is 4.90 Å².